The van der Waals surface area contributed by atoms with E-state index >= 15 is 0 Å². The predicted octanol–water partition coefficient (Wildman–Crippen LogP) is 3.71. The molecule has 0 amide bonds. The van der Waals surface area contributed by atoms with Gasteiger partial charge in [0, 0.05) is 0 Å². The van der Waals surface area contributed by atoms with Crippen molar-refractivity contribution in [1.29, 1.82) is 0 Å². The Hall–Kier alpha value is 0. The zero-order valence-electron chi connectivity index (χ0n) is 8.72. The summed E-state index contributed by atoms with van der Waals surface area (Å²) in [4.78, 5) is 0. The molecule has 0 aromatic heterocycles. The van der Waals surface area contributed by atoms with Crippen molar-refractivity contribution >= 4 is 0 Å². The lowest BCUT2D eigenvalue weighted by Crippen LogP contribution is -2.33. The standard InChI is InChI=1S/C12H22/c1-8(2)6-10-4-5-11-9(3)7-12(10)11/h8-12H,4-7H2,1-3H3. The smallest absolute Gasteiger partial charge is 0.0352 e. The van der Waals surface area contributed by atoms with Crippen molar-refractivity contribution in [2.75, 3.05) is 0 Å². The highest BCUT2D eigenvalue weighted by Gasteiger charge is 2.46. The molecule has 70 valence electrons. The number of hydrogen-bond donors (Lipinski definition) is 0. The van der Waals surface area contributed by atoms with Crippen LogP contribution in [0.5, 0.6) is 0 Å². The van der Waals surface area contributed by atoms with Crippen LogP contribution < -0.4 is 0 Å². The van der Waals surface area contributed by atoms with Crippen LogP contribution in [-0.4, -0.2) is 0 Å². The van der Waals surface area contributed by atoms with Gasteiger partial charge in [-0.15, -0.1) is 0 Å². The largest absolute Gasteiger partial charge is 0.0628 e. The molecule has 2 saturated carbocycles. The normalized spacial score (nSPS) is 46.0. The van der Waals surface area contributed by atoms with E-state index in [1.807, 2.05) is 0 Å². The fraction of sp³-hybridized carbons (Fsp3) is 1.00. The lowest BCUT2D eigenvalue weighted by molar-refractivity contribution is 0.0807. The Bertz CT molecular complexity index is 159. The Morgan fingerprint density at radius 3 is 2.42 bits per heavy atom. The van der Waals surface area contributed by atoms with Crippen LogP contribution >= 0.6 is 0 Å². The van der Waals surface area contributed by atoms with E-state index in [1.54, 1.807) is 12.8 Å². The summed E-state index contributed by atoms with van der Waals surface area (Å²) in [5.41, 5.74) is 0. The minimum Gasteiger partial charge on any atom is -0.0628 e. The highest BCUT2D eigenvalue weighted by Crippen LogP contribution is 2.55. The molecule has 0 spiro atoms. The van der Waals surface area contributed by atoms with Gasteiger partial charge in [-0.05, 0) is 55.3 Å². The molecular weight excluding hydrogens is 144 g/mol. The van der Waals surface area contributed by atoms with E-state index in [2.05, 4.69) is 20.8 Å². The van der Waals surface area contributed by atoms with Gasteiger partial charge < -0.3 is 0 Å². The second-order valence-electron chi connectivity index (χ2n) is 5.51. The van der Waals surface area contributed by atoms with Crippen LogP contribution in [0.25, 0.3) is 0 Å². The van der Waals surface area contributed by atoms with Gasteiger partial charge in [-0.3, -0.25) is 0 Å². The molecule has 0 saturated heterocycles. The van der Waals surface area contributed by atoms with E-state index in [1.165, 1.54) is 12.8 Å². The van der Waals surface area contributed by atoms with Crippen LogP contribution in [0.15, 0.2) is 0 Å². The van der Waals surface area contributed by atoms with E-state index in [0.29, 0.717) is 0 Å². The lowest BCUT2D eigenvalue weighted by Gasteiger charge is -2.41. The van der Waals surface area contributed by atoms with Crippen molar-refractivity contribution < 1.29 is 0 Å². The minimum atomic E-state index is 0.921. The average molecular weight is 166 g/mol. The maximum atomic E-state index is 2.44. The van der Waals surface area contributed by atoms with Crippen LogP contribution in [0.4, 0.5) is 0 Å². The van der Waals surface area contributed by atoms with E-state index in [-0.39, 0.29) is 0 Å². The van der Waals surface area contributed by atoms with Crippen LogP contribution in [0, 0.1) is 29.6 Å². The molecule has 0 heterocycles. The molecule has 0 nitrogen and oxygen atoms in total. The summed E-state index contributed by atoms with van der Waals surface area (Å²) >= 11 is 0. The summed E-state index contributed by atoms with van der Waals surface area (Å²) < 4.78 is 0. The first-order valence-corrected chi connectivity index (χ1v) is 5.68. The highest BCUT2D eigenvalue weighted by atomic mass is 14.5. The fourth-order valence-corrected chi connectivity index (χ4v) is 3.56. The molecule has 0 aliphatic heterocycles. The van der Waals surface area contributed by atoms with Crippen molar-refractivity contribution in [3.05, 3.63) is 0 Å². The van der Waals surface area contributed by atoms with Crippen LogP contribution in [-0.2, 0) is 0 Å². The average Bonchev–Trinajstić information content (AvgIpc) is 2.26. The molecule has 0 aromatic carbocycles. The summed E-state index contributed by atoms with van der Waals surface area (Å²) in [6, 6.07) is 0. The van der Waals surface area contributed by atoms with Gasteiger partial charge in [0.2, 0.25) is 0 Å². The zero-order chi connectivity index (χ0) is 8.72. The Morgan fingerprint density at radius 1 is 1.17 bits per heavy atom. The van der Waals surface area contributed by atoms with Crippen molar-refractivity contribution in [3.8, 4) is 0 Å². The number of hydrogen-bond acceptors (Lipinski definition) is 0. The molecular formula is C12H22. The molecule has 4 unspecified atom stereocenters. The fourth-order valence-electron chi connectivity index (χ4n) is 3.56. The second kappa shape index (κ2) is 3.05. The first-order chi connectivity index (χ1) is 5.68. The van der Waals surface area contributed by atoms with Crippen LogP contribution in [0.2, 0.25) is 0 Å². The molecule has 12 heavy (non-hydrogen) atoms. The molecule has 4 atom stereocenters. The first kappa shape index (κ1) is 8.59. The second-order valence-corrected chi connectivity index (χ2v) is 5.51. The van der Waals surface area contributed by atoms with Gasteiger partial charge in [-0.2, -0.15) is 0 Å². The SMILES string of the molecule is CC(C)CC1CCC2C(C)CC12. The Labute approximate surface area is 76.7 Å². The summed E-state index contributed by atoms with van der Waals surface area (Å²) in [6.07, 6.45) is 6.12. The topological polar surface area (TPSA) is 0 Å². The predicted molar refractivity (Wildman–Crippen MR) is 52.9 cm³/mol. The third kappa shape index (κ3) is 1.30. The van der Waals surface area contributed by atoms with E-state index in [4.69, 9.17) is 0 Å². The first-order valence-electron chi connectivity index (χ1n) is 5.68. The third-order valence-electron chi connectivity index (χ3n) is 4.18. The summed E-state index contributed by atoms with van der Waals surface area (Å²) in [7, 11) is 0. The maximum Gasteiger partial charge on any atom is -0.0352 e. The zero-order valence-corrected chi connectivity index (χ0v) is 8.72. The molecule has 2 rings (SSSR count). The monoisotopic (exact) mass is 166 g/mol. The maximum absolute atomic E-state index is 2.44. The van der Waals surface area contributed by atoms with Crippen LogP contribution in [0.1, 0.15) is 46.5 Å². The summed E-state index contributed by atoms with van der Waals surface area (Å²) in [5.74, 6) is 5.36. The van der Waals surface area contributed by atoms with Crippen molar-refractivity contribution in [1.82, 2.24) is 0 Å². The Balaban J connectivity index is 1.87. The summed E-state index contributed by atoms with van der Waals surface area (Å²) in [5, 5.41) is 0. The highest BCUT2D eigenvalue weighted by molar-refractivity contribution is 4.96. The third-order valence-corrected chi connectivity index (χ3v) is 4.18. The van der Waals surface area contributed by atoms with Gasteiger partial charge >= 0.3 is 0 Å². The van der Waals surface area contributed by atoms with E-state index < -0.39 is 0 Å². The summed E-state index contributed by atoms with van der Waals surface area (Å²) in [6.45, 7) is 7.18. The molecule has 2 aliphatic carbocycles. The van der Waals surface area contributed by atoms with E-state index in [9.17, 15) is 0 Å². The minimum absolute atomic E-state index is 0.921. The molecule has 0 N–H and O–H groups in total. The van der Waals surface area contributed by atoms with Crippen molar-refractivity contribution in [3.63, 3.8) is 0 Å². The quantitative estimate of drug-likeness (QED) is 0.586. The van der Waals surface area contributed by atoms with Gasteiger partial charge in [0.05, 0.1) is 0 Å². The molecule has 0 heteroatoms. The molecule has 0 aromatic rings. The van der Waals surface area contributed by atoms with Gasteiger partial charge in [0.15, 0.2) is 0 Å². The van der Waals surface area contributed by atoms with Gasteiger partial charge in [-0.25, -0.2) is 0 Å². The Kier molecular flexibility index (Phi) is 2.18. The molecule has 0 radical (unpaired) electrons. The van der Waals surface area contributed by atoms with Crippen molar-refractivity contribution in [2.24, 2.45) is 29.6 Å². The molecule has 0 bridgehead atoms. The van der Waals surface area contributed by atoms with Gasteiger partial charge in [0.25, 0.3) is 0 Å². The van der Waals surface area contributed by atoms with Crippen LogP contribution in [0.3, 0.4) is 0 Å². The van der Waals surface area contributed by atoms with Gasteiger partial charge in [0.1, 0.15) is 0 Å². The number of rotatable bonds is 2. The molecule has 2 aliphatic rings. The lowest BCUT2D eigenvalue weighted by atomic mass is 9.64. The van der Waals surface area contributed by atoms with E-state index in [0.717, 1.165) is 29.6 Å². The van der Waals surface area contributed by atoms with Gasteiger partial charge in [-0.1, -0.05) is 20.8 Å². The Morgan fingerprint density at radius 2 is 1.92 bits per heavy atom. The van der Waals surface area contributed by atoms with Crippen molar-refractivity contribution in [2.45, 2.75) is 46.5 Å². The number of fused-ring (bicyclic) bond motifs is 1. The molecule has 2 fully saturated rings.